The maximum Gasteiger partial charge on any atom is 0.251 e. The molecule has 1 aromatic heterocycles. The van der Waals surface area contributed by atoms with Crippen LogP contribution in [-0.2, 0) is 19.5 Å². The number of anilines is 1. The van der Waals surface area contributed by atoms with Crippen molar-refractivity contribution >= 4 is 11.6 Å². The second-order valence-corrected chi connectivity index (χ2v) is 10.2. The van der Waals surface area contributed by atoms with Gasteiger partial charge in [-0.15, -0.1) is 0 Å². The van der Waals surface area contributed by atoms with E-state index in [1.165, 1.54) is 24.0 Å². The summed E-state index contributed by atoms with van der Waals surface area (Å²) in [5, 5.41) is 10.3. The maximum atomic E-state index is 12.8. The lowest BCUT2D eigenvalue weighted by Crippen LogP contribution is -2.35. The number of benzene rings is 3. The monoisotopic (exact) mass is 534 g/mol. The van der Waals surface area contributed by atoms with E-state index in [0.717, 1.165) is 43.3 Å². The van der Waals surface area contributed by atoms with Gasteiger partial charge in [-0.05, 0) is 67.3 Å². The highest BCUT2D eigenvalue weighted by atomic mass is 16.1. The van der Waals surface area contributed by atoms with Gasteiger partial charge >= 0.3 is 0 Å². The second-order valence-electron chi connectivity index (χ2n) is 10.2. The Balaban J connectivity index is 1.31. The Morgan fingerprint density at radius 2 is 1.68 bits per heavy atom. The first-order chi connectivity index (χ1) is 19.7. The van der Waals surface area contributed by atoms with Crippen LogP contribution in [0.1, 0.15) is 46.6 Å². The van der Waals surface area contributed by atoms with Crippen molar-refractivity contribution in [1.29, 1.82) is 0 Å². The third-order valence-electron chi connectivity index (χ3n) is 7.12. The summed E-state index contributed by atoms with van der Waals surface area (Å²) in [5.41, 5.74) is 4.01. The predicted octanol–water partition coefficient (Wildman–Crippen LogP) is 5.48. The molecule has 2 heterocycles. The van der Waals surface area contributed by atoms with Crippen LogP contribution in [0.2, 0.25) is 0 Å². The average molecular weight is 535 g/mol. The van der Waals surface area contributed by atoms with Crippen molar-refractivity contribution in [2.75, 3.05) is 18.4 Å². The molecule has 1 unspecified atom stereocenters. The Morgan fingerprint density at radius 3 is 2.35 bits per heavy atom. The van der Waals surface area contributed by atoms with Gasteiger partial charge in [0.25, 0.3) is 5.91 Å². The summed E-state index contributed by atoms with van der Waals surface area (Å²) in [4.78, 5) is 22.8. The SMILES string of the molecule is O=C(NCCc1ccccc1)c1ccc(N/C(=C/C2CCCCN2)N(Cc2ccccc2)Cc2ncc[nH]2)cc1. The number of amides is 1. The van der Waals surface area contributed by atoms with Crippen molar-refractivity contribution in [3.8, 4) is 0 Å². The third kappa shape index (κ3) is 8.07. The van der Waals surface area contributed by atoms with E-state index in [4.69, 9.17) is 0 Å². The van der Waals surface area contributed by atoms with E-state index in [0.29, 0.717) is 24.7 Å². The molecule has 5 rings (SSSR count). The number of piperidine rings is 1. The number of hydrogen-bond donors (Lipinski definition) is 4. The molecule has 0 radical (unpaired) electrons. The first-order valence-electron chi connectivity index (χ1n) is 14.1. The number of carbonyl (C=O) groups excluding carboxylic acids is 1. The number of rotatable bonds is 12. The fourth-order valence-corrected chi connectivity index (χ4v) is 4.95. The molecule has 1 amide bonds. The zero-order valence-electron chi connectivity index (χ0n) is 22.9. The molecule has 0 spiro atoms. The zero-order valence-corrected chi connectivity index (χ0v) is 22.9. The normalized spacial score (nSPS) is 15.4. The average Bonchev–Trinajstić information content (AvgIpc) is 3.52. The Labute approximate surface area is 236 Å². The van der Waals surface area contributed by atoms with Crippen molar-refractivity contribution in [1.82, 2.24) is 25.5 Å². The van der Waals surface area contributed by atoms with E-state index in [2.05, 4.69) is 73.3 Å². The van der Waals surface area contributed by atoms with E-state index in [1.807, 2.05) is 54.7 Å². The summed E-state index contributed by atoms with van der Waals surface area (Å²) in [7, 11) is 0. The molecule has 1 aliphatic rings. The largest absolute Gasteiger partial charge is 0.352 e. The molecule has 206 valence electrons. The van der Waals surface area contributed by atoms with Gasteiger partial charge in [-0.3, -0.25) is 4.79 Å². The van der Waals surface area contributed by atoms with Crippen molar-refractivity contribution in [2.24, 2.45) is 0 Å². The molecule has 4 aromatic rings. The van der Waals surface area contributed by atoms with Crippen molar-refractivity contribution in [3.05, 3.63) is 132 Å². The van der Waals surface area contributed by atoms with Gasteiger partial charge in [-0.2, -0.15) is 0 Å². The fourth-order valence-electron chi connectivity index (χ4n) is 4.95. The summed E-state index contributed by atoms with van der Waals surface area (Å²) in [6.45, 7) is 3.00. The van der Waals surface area contributed by atoms with E-state index >= 15 is 0 Å². The number of nitrogens with one attached hydrogen (secondary N) is 4. The lowest BCUT2D eigenvalue weighted by atomic mass is 10.0. The number of aromatic nitrogens is 2. The molecular weight excluding hydrogens is 496 g/mol. The summed E-state index contributed by atoms with van der Waals surface area (Å²) in [6.07, 6.45) is 10.3. The Hall–Kier alpha value is -4.36. The summed E-state index contributed by atoms with van der Waals surface area (Å²) in [6, 6.07) is 28.7. The van der Waals surface area contributed by atoms with Gasteiger partial charge in [-0.1, -0.05) is 67.1 Å². The summed E-state index contributed by atoms with van der Waals surface area (Å²) < 4.78 is 0. The summed E-state index contributed by atoms with van der Waals surface area (Å²) in [5.74, 6) is 1.86. The van der Waals surface area contributed by atoms with Crippen LogP contribution in [0, 0.1) is 0 Å². The highest BCUT2D eigenvalue weighted by Gasteiger charge is 2.18. The van der Waals surface area contributed by atoms with Gasteiger partial charge in [-0.25, -0.2) is 4.98 Å². The first kappa shape index (κ1) is 27.2. The first-order valence-corrected chi connectivity index (χ1v) is 14.1. The van der Waals surface area contributed by atoms with E-state index in [1.54, 1.807) is 6.20 Å². The lowest BCUT2D eigenvalue weighted by Gasteiger charge is -2.30. The van der Waals surface area contributed by atoms with Crippen LogP contribution in [0.3, 0.4) is 0 Å². The molecule has 7 nitrogen and oxygen atoms in total. The molecule has 7 heteroatoms. The van der Waals surface area contributed by atoms with Gasteiger partial charge in [0.05, 0.1) is 6.54 Å². The fraction of sp³-hybridized carbons (Fsp3) is 0.273. The van der Waals surface area contributed by atoms with Crippen molar-refractivity contribution in [2.45, 2.75) is 44.8 Å². The number of hydrogen-bond acceptors (Lipinski definition) is 5. The van der Waals surface area contributed by atoms with Crippen LogP contribution in [0.15, 0.2) is 109 Å². The Morgan fingerprint density at radius 1 is 0.925 bits per heavy atom. The van der Waals surface area contributed by atoms with Gasteiger partial charge in [0, 0.05) is 42.8 Å². The molecule has 4 N–H and O–H groups in total. The molecule has 0 saturated carbocycles. The quantitative estimate of drug-likeness (QED) is 0.193. The minimum Gasteiger partial charge on any atom is -0.352 e. The minimum atomic E-state index is -0.0619. The zero-order chi connectivity index (χ0) is 27.4. The highest BCUT2D eigenvalue weighted by Crippen LogP contribution is 2.21. The minimum absolute atomic E-state index is 0.0619. The van der Waals surface area contributed by atoms with Gasteiger partial charge in [0.15, 0.2) is 0 Å². The van der Waals surface area contributed by atoms with Gasteiger partial charge < -0.3 is 25.8 Å². The summed E-state index contributed by atoms with van der Waals surface area (Å²) >= 11 is 0. The van der Waals surface area contributed by atoms with Crippen LogP contribution < -0.4 is 16.0 Å². The van der Waals surface area contributed by atoms with E-state index < -0.39 is 0 Å². The standard InChI is InChI=1S/C33H38N6O/c40-33(37-20-18-26-9-3-1-4-10-26)28-14-16-29(17-15-28)38-32(23-30-13-7-8-19-34-30)39(25-31-35-21-22-36-31)24-27-11-5-2-6-12-27/h1-6,9-12,14-17,21-23,30,34,38H,7-8,13,18-20,24-25H2,(H,35,36)(H,37,40)/b32-23-. The molecule has 1 atom stereocenters. The molecule has 1 fully saturated rings. The molecule has 0 aliphatic carbocycles. The van der Waals surface area contributed by atoms with Crippen LogP contribution in [0.5, 0.6) is 0 Å². The number of carbonyl (C=O) groups is 1. The highest BCUT2D eigenvalue weighted by molar-refractivity contribution is 5.94. The third-order valence-corrected chi connectivity index (χ3v) is 7.12. The smallest absolute Gasteiger partial charge is 0.251 e. The van der Waals surface area contributed by atoms with Gasteiger partial charge in [0.2, 0.25) is 0 Å². The van der Waals surface area contributed by atoms with E-state index in [-0.39, 0.29) is 5.91 Å². The number of nitrogens with zero attached hydrogens (tertiary/aromatic N) is 2. The maximum absolute atomic E-state index is 12.8. The molecule has 40 heavy (non-hydrogen) atoms. The van der Waals surface area contributed by atoms with Gasteiger partial charge in [0.1, 0.15) is 11.6 Å². The number of imidazole rings is 1. The van der Waals surface area contributed by atoms with Crippen LogP contribution in [-0.4, -0.2) is 39.9 Å². The Bertz CT molecular complexity index is 1330. The van der Waals surface area contributed by atoms with E-state index in [9.17, 15) is 4.79 Å². The molecular formula is C33H38N6O. The van der Waals surface area contributed by atoms with Crippen molar-refractivity contribution < 1.29 is 4.79 Å². The molecule has 1 saturated heterocycles. The molecule has 3 aromatic carbocycles. The topological polar surface area (TPSA) is 85.1 Å². The van der Waals surface area contributed by atoms with Crippen molar-refractivity contribution in [3.63, 3.8) is 0 Å². The Kier molecular flexibility index (Phi) is 9.63. The lowest BCUT2D eigenvalue weighted by molar-refractivity contribution is 0.0954. The van der Waals surface area contributed by atoms with Crippen LogP contribution in [0.4, 0.5) is 5.69 Å². The van der Waals surface area contributed by atoms with Crippen LogP contribution in [0.25, 0.3) is 0 Å². The molecule has 0 bridgehead atoms. The number of H-pyrrole nitrogens is 1. The molecule has 1 aliphatic heterocycles. The van der Waals surface area contributed by atoms with Crippen LogP contribution >= 0.6 is 0 Å². The predicted molar refractivity (Wildman–Crippen MR) is 161 cm³/mol. The number of aromatic amines is 1. The second kappa shape index (κ2) is 14.1.